The number of hydrogen-bond donors (Lipinski definition) is 1. The number of nitrogens with zero attached hydrogens (tertiary/aromatic N) is 1. The average Bonchev–Trinajstić information content (AvgIpc) is 2.89. The Labute approximate surface area is 220 Å². The van der Waals surface area contributed by atoms with Gasteiger partial charge >= 0.3 is 0 Å². The lowest BCUT2D eigenvalue weighted by Gasteiger charge is -2.31. The maximum atomic E-state index is 14.6. The minimum absolute atomic E-state index is 0.0537. The van der Waals surface area contributed by atoms with Crippen molar-refractivity contribution in [2.45, 2.75) is 45.7 Å². The van der Waals surface area contributed by atoms with Crippen molar-refractivity contribution in [3.05, 3.63) is 99.8 Å². The number of carbonyl (C=O) groups excluding carboxylic acids is 2. The van der Waals surface area contributed by atoms with Crippen molar-refractivity contribution in [1.82, 2.24) is 10.2 Å². The number of benzene rings is 3. The molecule has 1 atom stereocenters. The van der Waals surface area contributed by atoms with Crippen LogP contribution < -0.4 is 10.1 Å². The third-order valence-electron chi connectivity index (χ3n) is 5.87. The summed E-state index contributed by atoms with van der Waals surface area (Å²) in [6.45, 7) is 4.17. The quantitative estimate of drug-likeness (QED) is 0.312. The van der Waals surface area contributed by atoms with Crippen LogP contribution in [0.15, 0.2) is 77.3 Å². The van der Waals surface area contributed by atoms with Crippen molar-refractivity contribution in [3.8, 4) is 5.75 Å². The maximum Gasteiger partial charge on any atom is 0.261 e. The maximum absolute atomic E-state index is 14.6. The molecule has 0 heterocycles. The molecule has 0 aliphatic carbocycles. The third-order valence-corrected chi connectivity index (χ3v) is 6.49. The topological polar surface area (TPSA) is 58.6 Å². The minimum atomic E-state index is -0.833. The van der Waals surface area contributed by atoms with E-state index in [9.17, 15) is 14.0 Å². The lowest BCUT2D eigenvalue weighted by molar-refractivity contribution is -0.142. The van der Waals surface area contributed by atoms with Gasteiger partial charge in [-0.2, -0.15) is 0 Å². The molecule has 3 aromatic carbocycles. The highest BCUT2D eigenvalue weighted by molar-refractivity contribution is 9.10. The Morgan fingerprint density at radius 1 is 1.00 bits per heavy atom. The van der Waals surface area contributed by atoms with Crippen LogP contribution in [0.5, 0.6) is 5.75 Å². The minimum Gasteiger partial charge on any atom is -0.483 e. The summed E-state index contributed by atoms with van der Waals surface area (Å²) in [6.07, 6.45) is 1.93. The lowest BCUT2D eigenvalue weighted by Crippen LogP contribution is -2.52. The number of amides is 2. The summed E-state index contributed by atoms with van der Waals surface area (Å²) < 4.78 is 21.2. The van der Waals surface area contributed by atoms with Crippen LogP contribution in [-0.4, -0.2) is 35.9 Å². The van der Waals surface area contributed by atoms with Crippen molar-refractivity contribution in [1.29, 1.82) is 0 Å². The zero-order valence-electron chi connectivity index (χ0n) is 20.7. The highest BCUT2D eigenvalue weighted by Crippen LogP contribution is 2.26. The van der Waals surface area contributed by atoms with Crippen molar-refractivity contribution < 1.29 is 18.7 Å². The first-order valence-corrected chi connectivity index (χ1v) is 13.0. The van der Waals surface area contributed by atoms with Crippen LogP contribution in [0.1, 0.15) is 37.0 Å². The summed E-state index contributed by atoms with van der Waals surface area (Å²) in [7, 11) is 0. The van der Waals surface area contributed by atoms with Crippen LogP contribution in [0.3, 0.4) is 0 Å². The molecule has 0 saturated heterocycles. The van der Waals surface area contributed by atoms with Gasteiger partial charge in [0.25, 0.3) is 5.91 Å². The molecule has 1 N–H and O–H groups in total. The van der Waals surface area contributed by atoms with Crippen LogP contribution in [-0.2, 0) is 29.0 Å². The molecule has 190 valence electrons. The predicted molar refractivity (Wildman–Crippen MR) is 143 cm³/mol. The van der Waals surface area contributed by atoms with Crippen LogP contribution >= 0.6 is 15.9 Å². The molecule has 0 radical (unpaired) electrons. The van der Waals surface area contributed by atoms with E-state index in [1.165, 1.54) is 11.0 Å². The number of aryl methyl sites for hydroxylation is 1. The van der Waals surface area contributed by atoms with Crippen LogP contribution in [0.2, 0.25) is 0 Å². The summed E-state index contributed by atoms with van der Waals surface area (Å²) in [4.78, 5) is 28.3. The molecule has 0 aromatic heterocycles. The molecule has 2 amide bonds. The Morgan fingerprint density at radius 2 is 1.72 bits per heavy atom. The standard InChI is InChI=1S/C29H32BrFN2O3/c1-3-16-32-29(35)26(18-22-10-6-5-7-11-22)33(19-23-12-8-9-13-25(23)31)28(34)20-36-27-15-14-21(4-2)17-24(27)30/h5-15,17,26H,3-4,16,18-20H2,1-2H3,(H,32,35)/t26-/m1/s1. The van der Waals surface area contributed by atoms with Gasteiger partial charge in [-0.05, 0) is 58.1 Å². The van der Waals surface area contributed by atoms with Crippen LogP contribution in [0, 0.1) is 5.82 Å². The van der Waals surface area contributed by atoms with Crippen molar-refractivity contribution in [2.75, 3.05) is 13.2 Å². The van der Waals surface area contributed by atoms with Gasteiger partial charge in [-0.15, -0.1) is 0 Å². The van der Waals surface area contributed by atoms with Gasteiger partial charge in [-0.25, -0.2) is 4.39 Å². The molecular formula is C29H32BrFN2O3. The molecule has 36 heavy (non-hydrogen) atoms. The fraction of sp³-hybridized carbons (Fsp3) is 0.310. The van der Waals surface area contributed by atoms with E-state index in [2.05, 4.69) is 28.2 Å². The van der Waals surface area contributed by atoms with Crippen LogP contribution in [0.25, 0.3) is 0 Å². The second-order valence-electron chi connectivity index (χ2n) is 8.52. The van der Waals surface area contributed by atoms with Crippen LogP contribution in [0.4, 0.5) is 4.39 Å². The van der Waals surface area contributed by atoms with E-state index >= 15 is 0 Å². The molecular weight excluding hydrogens is 523 g/mol. The van der Waals surface area contributed by atoms with Crippen molar-refractivity contribution in [3.63, 3.8) is 0 Å². The molecule has 0 saturated carbocycles. The second-order valence-corrected chi connectivity index (χ2v) is 9.37. The number of carbonyl (C=O) groups is 2. The number of rotatable bonds is 12. The summed E-state index contributed by atoms with van der Waals surface area (Å²) in [5, 5.41) is 2.91. The lowest BCUT2D eigenvalue weighted by atomic mass is 10.0. The van der Waals surface area contributed by atoms with Gasteiger partial charge in [0.15, 0.2) is 6.61 Å². The number of ether oxygens (including phenoxy) is 1. The van der Waals surface area contributed by atoms with Gasteiger partial charge < -0.3 is 15.0 Å². The van der Waals surface area contributed by atoms with E-state index in [-0.39, 0.29) is 19.1 Å². The predicted octanol–water partition coefficient (Wildman–Crippen LogP) is 5.70. The Balaban J connectivity index is 1.90. The molecule has 0 bridgehead atoms. The Morgan fingerprint density at radius 3 is 2.39 bits per heavy atom. The second kappa shape index (κ2) is 13.8. The first-order valence-electron chi connectivity index (χ1n) is 12.2. The van der Waals surface area contributed by atoms with Gasteiger partial charge in [-0.1, -0.05) is 68.4 Å². The molecule has 5 nitrogen and oxygen atoms in total. The monoisotopic (exact) mass is 554 g/mol. The Bertz CT molecular complexity index is 1160. The Kier molecular flexibility index (Phi) is 10.5. The average molecular weight is 555 g/mol. The first kappa shape index (κ1) is 27.4. The van der Waals surface area contributed by atoms with E-state index < -0.39 is 17.8 Å². The van der Waals surface area contributed by atoms with Gasteiger partial charge in [0.2, 0.25) is 5.91 Å². The number of hydrogen-bond acceptors (Lipinski definition) is 3. The third kappa shape index (κ3) is 7.65. The molecule has 0 aliphatic rings. The van der Waals surface area contributed by atoms with E-state index in [0.717, 1.165) is 28.4 Å². The first-order chi connectivity index (χ1) is 17.4. The number of halogens is 2. The highest BCUT2D eigenvalue weighted by Gasteiger charge is 2.31. The summed E-state index contributed by atoms with van der Waals surface area (Å²) in [5.41, 5.74) is 2.37. The van der Waals surface area contributed by atoms with Crippen molar-refractivity contribution >= 4 is 27.7 Å². The zero-order valence-corrected chi connectivity index (χ0v) is 22.3. The van der Waals surface area contributed by atoms with Gasteiger partial charge in [-0.3, -0.25) is 9.59 Å². The van der Waals surface area contributed by atoms with E-state index in [4.69, 9.17) is 4.74 Å². The smallest absolute Gasteiger partial charge is 0.261 e. The van der Waals surface area contributed by atoms with E-state index in [1.807, 2.05) is 55.5 Å². The van der Waals surface area contributed by atoms with Gasteiger partial charge in [0.05, 0.1) is 4.47 Å². The molecule has 0 fully saturated rings. The SMILES string of the molecule is CCCNC(=O)[C@@H](Cc1ccccc1)N(Cc1ccccc1F)C(=O)COc1ccc(CC)cc1Br. The van der Waals surface area contributed by atoms with Gasteiger partial charge in [0.1, 0.15) is 17.6 Å². The normalized spacial score (nSPS) is 11.6. The highest BCUT2D eigenvalue weighted by atomic mass is 79.9. The summed E-state index contributed by atoms with van der Waals surface area (Å²) in [5.74, 6) is -0.584. The van der Waals surface area contributed by atoms with Gasteiger partial charge in [0, 0.05) is 25.1 Å². The number of nitrogens with one attached hydrogen (secondary N) is 1. The fourth-order valence-corrected chi connectivity index (χ4v) is 4.37. The zero-order chi connectivity index (χ0) is 25.9. The summed E-state index contributed by atoms with van der Waals surface area (Å²) in [6, 6.07) is 20.7. The molecule has 3 rings (SSSR count). The molecule has 0 unspecified atom stereocenters. The molecule has 0 aliphatic heterocycles. The molecule has 3 aromatic rings. The largest absolute Gasteiger partial charge is 0.483 e. The van der Waals surface area contributed by atoms with Crippen molar-refractivity contribution in [2.24, 2.45) is 0 Å². The van der Waals surface area contributed by atoms with E-state index in [1.54, 1.807) is 18.2 Å². The fourth-order valence-electron chi connectivity index (χ4n) is 3.83. The molecule has 0 spiro atoms. The Hall–Kier alpha value is -3.19. The summed E-state index contributed by atoms with van der Waals surface area (Å²) >= 11 is 3.50. The van der Waals surface area contributed by atoms with E-state index in [0.29, 0.717) is 24.3 Å². The molecule has 7 heteroatoms.